The molecule has 0 unspecified atom stereocenters. The van der Waals surface area contributed by atoms with E-state index in [1.54, 1.807) is 31.2 Å². The Morgan fingerprint density at radius 3 is 2.46 bits per heavy atom. The Morgan fingerprint density at radius 1 is 1.14 bits per heavy atom. The molecule has 1 fully saturated rings. The third-order valence-electron chi connectivity index (χ3n) is 6.99. The number of hydrogen-bond donors (Lipinski definition) is 1. The molecular formula is C25H39N3O6S. The van der Waals surface area contributed by atoms with Crippen molar-refractivity contribution in [2.75, 3.05) is 44.8 Å². The van der Waals surface area contributed by atoms with Gasteiger partial charge in [0.25, 0.3) is 5.91 Å². The summed E-state index contributed by atoms with van der Waals surface area (Å²) in [6.45, 7) is 5.02. The summed E-state index contributed by atoms with van der Waals surface area (Å²) in [4.78, 5) is 30.3. The fourth-order valence-electron chi connectivity index (χ4n) is 4.94. The second kappa shape index (κ2) is 11.6. The van der Waals surface area contributed by atoms with E-state index in [9.17, 15) is 18.0 Å². The number of nitrogens with zero attached hydrogens (tertiary/aromatic N) is 2. The van der Waals surface area contributed by atoms with Crippen LogP contribution in [0.1, 0.15) is 56.3 Å². The van der Waals surface area contributed by atoms with Crippen LogP contribution in [-0.2, 0) is 19.6 Å². The number of methoxy groups -OCH3 is 1. The third-order valence-corrected chi connectivity index (χ3v) is 7.59. The SMILES string of the molecule is CO[C@@H]1CN(C)C(=O)c2ccc(NS(C)(=O)=O)cc2OC[C@H](C)N(C(=O)C2CCCCC2)C[C@H]1C. The fraction of sp³-hybridized carbons (Fsp3) is 0.680. The Labute approximate surface area is 209 Å². The minimum Gasteiger partial charge on any atom is -0.491 e. The number of carbonyl (C=O) groups is 2. The van der Waals surface area contributed by atoms with Gasteiger partial charge in [0.1, 0.15) is 12.4 Å². The Kier molecular flexibility index (Phi) is 9.04. The minimum atomic E-state index is -3.50. The lowest BCUT2D eigenvalue weighted by atomic mass is 9.87. The molecule has 1 N–H and O–H groups in total. The van der Waals surface area contributed by atoms with Crippen molar-refractivity contribution in [2.45, 2.75) is 58.1 Å². The lowest BCUT2D eigenvalue weighted by Gasteiger charge is -2.38. The number of sulfonamides is 1. The van der Waals surface area contributed by atoms with Gasteiger partial charge in [0, 0.05) is 45.1 Å². The fourth-order valence-corrected chi connectivity index (χ4v) is 5.50. The summed E-state index contributed by atoms with van der Waals surface area (Å²) in [5.74, 6) is 0.204. The predicted octanol–water partition coefficient (Wildman–Crippen LogP) is 2.97. The Bertz CT molecular complexity index is 1010. The molecule has 1 aromatic rings. The highest BCUT2D eigenvalue weighted by Crippen LogP contribution is 2.29. The lowest BCUT2D eigenvalue weighted by Crippen LogP contribution is -2.50. The van der Waals surface area contributed by atoms with Crippen LogP contribution in [0, 0.1) is 11.8 Å². The molecular weight excluding hydrogens is 470 g/mol. The van der Waals surface area contributed by atoms with E-state index in [0.29, 0.717) is 24.3 Å². The van der Waals surface area contributed by atoms with Gasteiger partial charge in [-0.05, 0) is 31.9 Å². The van der Waals surface area contributed by atoms with Crippen LogP contribution < -0.4 is 9.46 Å². The number of hydrogen-bond acceptors (Lipinski definition) is 6. The summed E-state index contributed by atoms with van der Waals surface area (Å²) in [6.07, 6.45) is 5.94. The standard InChI is InChI=1S/C25H39N3O6S/c1-17-14-28(24(29)19-9-7-6-8-10-19)18(2)16-34-22-13-20(26-35(5,31)32)11-12-21(22)25(30)27(3)15-23(17)33-4/h11-13,17-19,23,26H,6-10,14-16H2,1-5H3/t17-,18+,23-/m1/s1. The maximum atomic E-state index is 13.6. The first-order valence-electron chi connectivity index (χ1n) is 12.3. The Hall–Kier alpha value is -2.33. The van der Waals surface area contributed by atoms with E-state index in [-0.39, 0.29) is 48.2 Å². The largest absolute Gasteiger partial charge is 0.491 e. The zero-order chi connectivity index (χ0) is 25.8. The molecule has 1 aromatic carbocycles. The van der Waals surface area contributed by atoms with Crippen LogP contribution in [0.3, 0.4) is 0 Å². The molecule has 1 aliphatic carbocycles. The Balaban J connectivity index is 1.96. The van der Waals surface area contributed by atoms with Gasteiger partial charge in [0.2, 0.25) is 15.9 Å². The highest BCUT2D eigenvalue weighted by molar-refractivity contribution is 7.92. The van der Waals surface area contributed by atoms with Gasteiger partial charge in [-0.1, -0.05) is 26.2 Å². The lowest BCUT2D eigenvalue weighted by molar-refractivity contribution is -0.141. The first-order chi connectivity index (χ1) is 16.5. The molecule has 35 heavy (non-hydrogen) atoms. The van der Waals surface area contributed by atoms with Crippen LogP contribution in [0.2, 0.25) is 0 Å². The quantitative estimate of drug-likeness (QED) is 0.669. The molecule has 2 amide bonds. The van der Waals surface area contributed by atoms with Crippen LogP contribution >= 0.6 is 0 Å². The first-order valence-corrected chi connectivity index (χ1v) is 14.2. The second-order valence-electron chi connectivity index (χ2n) is 10.0. The summed E-state index contributed by atoms with van der Waals surface area (Å²) < 4.78 is 37.7. The van der Waals surface area contributed by atoms with Crippen molar-refractivity contribution in [3.8, 4) is 5.75 Å². The average Bonchev–Trinajstić information content (AvgIpc) is 2.82. The van der Waals surface area contributed by atoms with Gasteiger partial charge in [-0.15, -0.1) is 0 Å². The minimum absolute atomic E-state index is 0.00507. The van der Waals surface area contributed by atoms with E-state index >= 15 is 0 Å². The number of rotatable bonds is 4. The maximum absolute atomic E-state index is 13.6. The average molecular weight is 510 g/mol. The van der Waals surface area contributed by atoms with Gasteiger partial charge in [0.15, 0.2) is 0 Å². The van der Waals surface area contributed by atoms with E-state index < -0.39 is 10.0 Å². The maximum Gasteiger partial charge on any atom is 0.257 e. The number of anilines is 1. The molecule has 9 nitrogen and oxygen atoms in total. The van der Waals surface area contributed by atoms with Crippen molar-refractivity contribution in [1.29, 1.82) is 0 Å². The summed E-state index contributed by atoms with van der Waals surface area (Å²) in [6, 6.07) is 4.38. The monoisotopic (exact) mass is 509 g/mol. The topological polar surface area (TPSA) is 105 Å². The highest BCUT2D eigenvalue weighted by atomic mass is 32.2. The van der Waals surface area contributed by atoms with Crippen LogP contribution in [-0.4, -0.2) is 82.3 Å². The Morgan fingerprint density at radius 2 is 1.83 bits per heavy atom. The normalized spacial score (nSPS) is 25.2. The van der Waals surface area contributed by atoms with E-state index in [1.165, 1.54) is 12.5 Å². The number of nitrogens with one attached hydrogen (secondary N) is 1. The van der Waals surface area contributed by atoms with Crippen LogP contribution in [0.25, 0.3) is 0 Å². The molecule has 3 rings (SSSR count). The number of fused-ring (bicyclic) bond motifs is 1. The molecule has 0 spiro atoms. The number of amides is 2. The van der Waals surface area contributed by atoms with Gasteiger partial charge in [0.05, 0.1) is 29.7 Å². The van der Waals surface area contributed by atoms with Crippen molar-refractivity contribution in [3.05, 3.63) is 23.8 Å². The molecule has 1 aliphatic heterocycles. The molecule has 0 bridgehead atoms. The molecule has 10 heteroatoms. The molecule has 3 atom stereocenters. The number of benzene rings is 1. The van der Waals surface area contributed by atoms with Crippen LogP contribution in [0.4, 0.5) is 5.69 Å². The zero-order valence-electron chi connectivity index (χ0n) is 21.5. The molecule has 1 saturated carbocycles. The van der Waals surface area contributed by atoms with Gasteiger partial charge in [-0.3, -0.25) is 14.3 Å². The molecule has 1 heterocycles. The van der Waals surface area contributed by atoms with E-state index in [4.69, 9.17) is 9.47 Å². The van der Waals surface area contributed by atoms with E-state index in [2.05, 4.69) is 4.72 Å². The van der Waals surface area contributed by atoms with Crippen LogP contribution in [0.5, 0.6) is 5.75 Å². The van der Waals surface area contributed by atoms with Gasteiger partial charge < -0.3 is 19.3 Å². The third kappa shape index (κ3) is 7.10. The van der Waals surface area contributed by atoms with Gasteiger partial charge in [-0.2, -0.15) is 0 Å². The smallest absolute Gasteiger partial charge is 0.257 e. The number of likely N-dealkylation sites (N-methyl/N-ethyl adjacent to an activating group) is 1. The summed E-state index contributed by atoms with van der Waals surface area (Å²) in [7, 11) is -0.170. The molecule has 2 aliphatic rings. The molecule has 0 radical (unpaired) electrons. The van der Waals surface area contributed by atoms with Crippen molar-refractivity contribution in [3.63, 3.8) is 0 Å². The van der Waals surface area contributed by atoms with Crippen molar-refractivity contribution < 1.29 is 27.5 Å². The van der Waals surface area contributed by atoms with Crippen molar-refractivity contribution >= 4 is 27.5 Å². The van der Waals surface area contributed by atoms with E-state index in [0.717, 1.165) is 31.9 Å². The number of ether oxygens (including phenoxy) is 2. The second-order valence-corrected chi connectivity index (χ2v) is 11.8. The molecule has 196 valence electrons. The van der Waals surface area contributed by atoms with Crippen molar-refractivity contribution in [1.82, 2.24) is 9.80 Å². The first kappa shape index (κ1) is 27.3. The van der Waals surface area contributed by atoms with Gasteiger partial charge >= 0.3 is 0 Å². The molecule has 0 aromatic heterocycles. The zero-order valence-corrected chi connectivity index (χ0v) is 22.3. The summed E-state index contributed by atoms with van der Waals surface area (Å²) >= 11 is 0. The highest BCUT2D eigenvalue weighted by Gasteiger charge is 2.33. The molecule has 0 saturated heterocycles. The van der Waals surface area contributed by atoms with E-state index in [1.807, 2.05) is 18.7 Å². The number of carbonyl (C=O) groups excluding carboxylic acids is 2. The van der Waals surface area contributed by atoms with Gasteiger partial charge in [-0.25, -0.2) is 8.42 Å². The van der Waals surface area contributed by atoms with Crippen molar-refractivity contribution in [2.24, 2.45) is 11.8 Å². The summed E-state index contributed by atoms with van der Waals surface area (Å²) in [5.41, 5.74) is 0.631. The van der Waals surface area contributed by atoms with Crippen LogP contribution in [0.15, 0.2) is 18.2 Å². The predicted molar refractivity (Wildman–Crippen MR) is 135 cm³/mol. The summed E-state index contributed by atoms with van der Waals surface area (Å²) in [5, 5.41) is 0.